The fourth-order valence-corrected chi connectivity index (χ4v) is 6.19. The van der Waals surface area contributed by atoms with Crippen molar-refractivity contribution in [1.82, 2.24) is 29.2 Å². The SMILES string of the molecule is C=CCOc1ccc(S(=O)(=O)NCCN2CCOCC2)cc1-c1nn2c(C3CCCC3)nc(C=C)c2c(=O)[nH]1. The highest BCUT2D eigenvalue weighted by Crippen LogP contribution is 2.35. The maximum Gasteiger partial charge on any atom is 0.277 e. The topological polar surface area (TPSA) is 131 Å². The Kier molecular flexibility index (Phi) is 8.26. The summed E-state index contributed by atoms with van der Waals surface area (Å²) in [6.45, 7) is 11.4. The van der Waals surface area contributed by atoms with Crippen LogP contribution in [0.5, 0.6) is 5.75 Å². The number of benzene rings is 1. The van der Waals surface area contributed by atoms with E-state index in [0.717, 1.165) is 38.8 Å². The molecular weight excluding hydrogens is 520 g/mol. The molecule has 208 valence electrons. The van der Waals surface area contributed by atoms with Crippen LogP contribution < -0.4 is 15.0 Å². The first-order chi connectivity index (χ1) is 18.9. The first-order valence-electron chi connectivity index (χ1n) is 13.2. The van der Waals surface area contributed by atoms with Crippen molar-refractivity contribution < 1.29 is 17.9 Å². The van der Waals surface area contributed by atoms with Gasteiger partial charge in [-0.15, -0.1) is 5.10 Å². The normalized spacial score (nSPS) is 17.0. The van der Waals surface area contributed by atoms with Gasteiger partial charge in [-0.2, -0.15) is 0 Å². The lowest BCUT2D eigenvalue weighted by Crippen LogP contribution is -2.41. The molecule has 1 aliphatic heterocycles. The van der Waals surface area contributed by atoms with Crippen molar-refractivity contribution >= 4 is 21.6 Å². The molecule has 2 aromatic heterocycles. The minimum absolute atomic E-state index is 0.0432. The second-order valence-electron chi connectivity index (χ2n) is 9.71. The van der Waals surface area contributed by atoms with Crippen molar-refractivity contribution in [3.8, 4) is 17.1 Å². The van der Waals surface area contributed by atoms with Gasteiger partial charge in [0, 0.05) is 32.1 Å². The molecule has 11 nitrogen and oxygen atoms in total. The lowest BCUT2D eigenvalue weighted by atomic mass is 10.1. The minimum atomic E-state index is -3.84. The Balaban J connectivity index is 1.52. The number of aromatic amines is 1. The molecular formula is C27H34N6O5S. The second kappa shape index (κ2) is 11.8. The van der Waals surface area contributed by atoms with E-state index in [4.69, 9.17) is 14.6 Å². The number of rotatable bonds is 11. The van der Waals surface area contributed by atoms with Crippen LogP contribution in [-0.2, 0) is 14.8 Å². The Hall–Kier alpha value is -3.32. The zero-order valence-corrected chi connectivity index (χ0v) is 22.7. The van der Waals surface area contributed by atoms with Crippen LogP contribution in [0.15, 0.2) is 47.1 Å². The highest BCUT2D eigenvalue weighted by molar-refractivity contribution is 7.89. The summed E-state index contributed by atoms with van der Waals surface area (Å²) in [5.74, 6) is 1.46. The van der Waals surface area contributed by atoms with E-state index in [0.29, 0.717) is 48.1 Å². The average Bonchev–Trinajstić information content (AvgIpc) is 3.60. The number of hydrogen-bond acceptors (Lipinski definition) is 8. The Morgan fingerprint density at radius 2 is 1.97 bits per heavy atom. The van der Waals surface area contributed by atoms with E-state index < -0.39 is 15.6 Å². The quantitative estimate of drug-likeness (QED) is 0.346. The molecule has 1 saturated heterocycles. The largest absolute Gasteiger partial charge is 0.489 e. The van der Waals surface area contributed by atoms with Gasteiger partial charge in [0.25, 0.3) is 5.56 Å². The van der Waals surface area contributed by atoms with Gasteiger partial charge in [-0.05, 0) is 37.1 Å². The summed E-state index contributed by atoms with van der Waals surface area (Å²) in [7, 11) is -3.84. The molecule has 12 heteroatoms. The van der Waals surface area contributed by atoms with Gasteiger partial charge in [-0.3, -0.25) is 9.69 Å². The summed E-state index contributed by atoms with van der Waals surface area (Å²) < 4.78 is 41.8. The predicted molar refractivity (Wildman–Crippen MR) is 148 cm³/mol. The maximum atomic E-state index is 13.3. The zero-order chi connectivity index (χ0) is 27.4. The van der Waals surface area contributed by atoms with Crippen LogP contribution in [0.4, 0.5) is 0 Å². The molecule has 0 radical (unpaired) electrons. The second-order valence-corrected chi connectivity index (χ2v) is 11.5. The summed E-state index contributed by atoms with van der Waals surface area (Å²) in [5, 5.41) is 4.75. The van der Waals surface area contributed by atoms with Crippen LogP contribution in [0.2, 0.25) is 0 Å². The summed E-state index contributed by atoms with van der Waals surface area (Å²) in [4.78, 5) is 23.0. The standard InChI is InChI=1S/C27H34N6O5S/c1-3-15-38-23-10-9-20(39(35,36)28-11-12-32-13-16-37-17-14-32)18-21(23)25-30-27(34)24-22(4-2)29-26(33(24)31-25)19-7-5-6-8-19/h3-4,9-10,18-19,28H,1-2,5-8,11-17H2,(H,30,31,34). The van der Waals surface area contributed by atoms with Crippen molar-refractivity contribution in [2.24, 2.45) is 0 Å². The first kappa shape index (κ1) is 27.3. The number of imidazole rings is 1. The third-order valence-corrected chi connectivity index (χ3v) is 8.62. The van der Waals surface area contributed by atoms with Crippen LogP contribution in [0.3, 0.4) is 0 Å². The number of hydrogen-bond donors (Lipinski definition) is 2. The third kappa shape index (κ3) is 5.83. The van der Waals surface area contributed by atoms with Gasteiger partial charge < -0.3 is 14.5 Å². The van der Waals surface area contributed by atoms with Gasteiger partial charge in [0.1, 0.15) is 18.2 Å². The van der Waals surface area contributed by atoms with E-state index in [2.05, 4.69) is 32.7 Å². The number of morpholine rings is 1. The lowest BCUT2D eigenvalue weighted by Gasteiger charge is -2.26. The molecule has 5 rings (SSSR count). The molecule has 3 aromatic rings. The third-order valence-electron chi connectivity index (χ3n) is 7.16. The first-order valence-corrected chi connectivity index (χ1v) is 14.7. The molecule has 2 N–H and O–H groups in total. The molecule has 0 bridgehead atoms. The Morgan fingerprint density at radius 1 is 1.21 bits per heavy atom. The highest BCUT2D eigenvalue weighted by Gasteiger charge is 2.26. The van der Waals surface area contributed by atoms with Crippen molar-refractivity contribution in [3.05, 3.63) is 59.3 Å². The Labute approximate surface area is 227 Å². The Morgan fingerprint density at radius 3 is 2.69 bits per heavy atom. The fraction of sp³-hybridized carbons (Fsp3) is 0.444. The van der Waals surface area contributed by atoms with Gasteiger partial charge >= 0.3 is 0 Å². The Bertz CT molecular complexity index is 1520. The fourth-order valence-electron chi connectivity index (χ4n) is 5.15. The number of sulfonamides is 1. The van der Waals surface area contributed by atoms with E-state index in [1.807, 2.05) is 0 Å². The monoisotopic (exact) mass is 554 g/mol. The molecule has 3 heterocycles. The molecule has 0 unspecified atom stereocenters. The molecule has 0 amide bonds. The van der Waals surface area contributed by atoms with Crippen molar-refractivity contribution in [3.63, 3.8) is 0 Å². The molecule has 1 saturated carbocycles. The predicted octanol–water partition coefficient (Wildman–Crippen LogP) is 2.56. The molecule has 1 aromatic carbocycles. The van der Waals surface area contributed by atoms with Crippen molar-refractivity contribution in [1.29, 1.82) is 0 Å². The molecule has 1 aliphatic carbocycles. The van der Waals surface area contributed by atoms with Crippen LogP contribution in [0, 0.1) is 0 Å². The minimum Gasteiger partial charge on any atom is -0.489 e. The summed E-state index contributed by atoms with van der Waals surface area (Å²) in [5.41, 5.74) is 0.746. The van der Waals surface area contributed by atoms with Crippen LogP contribution in [0.1, 0.15) is 43.1 Å². The molecule has 2 aliphatic rings. The van der Waals surface area contributed by atoms with Crippen LogP contribution in [-0.4, -0.2) is 78.9 Å². The number of ether oxygens (including phenoxy) is 2. The van der Waals surface area contributed by atoms with E-state index in [1.54, 1.807) is 22.7 Å². The maximum absolute atomic E-state index is 13.3. The van der Waals surface area contributed by atoms with E-state index >= 15 is 0 Å². The smallest absolute Gasteiger partial charge is 0.277 e. The number of H-pyrrole nitrogens is 1. The van der Waals surface area contributed by atoms with Crippen molar-refractivity contribution in [2.45, 2.75) is 36.5 Å². The highest BCUT2D eigenvalue weighted by atomic mass is 32.2. The summed E-state index contributed by atoms with van der Waals surface area (Å²) in [6, 6.07) is 4.52. The van der Waals surface area contributed by atoms with E-state index in [9.17, 15) is 13.2 Å². The van der Waals surface area contributed by atoms with Gasteiger partial charge in [-0.25, -0.2) is 22.6 Å². The van der Waals surface area contributed by atoms with Crippen molar-refractivity contribution in [2.75, 3.05) is 46.0 Å². The van der Waals surface area contributed by atoms with E-state index in [-0.39, 0.29) is 29.8 Å². The van der Waals surface area contributed by atoms with Gasteiger partial charge in [-0.1, -0.05) is 32.1 Å². The van der Waals surface area contributed by atoms with Gasteiger partial charge in [0.2, 0.25) is 10.0 Å². The zero-order valence-electron chi connectivity index (χ0n) is 21.9. The lowest BCUT2D eigenvalue weighted by molar-refractivity contribution is 0.0390. The molecule has 39 heavy (non-hydrogen) atoms. The molecule has 2 fully saturated rings. The van der Waals surface area contributed by atoms with E-state index in [1.165, 1.54) is 12.1 Å². The summed E-state index contributed by atoms with van der Waals surface area (Å²) >= 11 is 0. The number of nitrogens with one attached hydrogen (secondary N) is 2. The van der Waals surface area contributed by atoms with Crippen LogP contribution in [0.25, 0.3) is 23.0 Å². The van der Waals surface area contributed by atoms with Gasteiger partial charge in [0.05, 0.1) is 29.4 Å². The van der Waals surface area contributed by atoms with Gasteiger partial charge in [0.15, 0.2) is 11.3 Å². The number of aromatic nitrogens is 4. The molecule has 0 atom stereocenters. The van der Waals surface area contributed by atoms with Crippen LogP contribution >= 0.6 is 0 Å². The summed E-state index contributed by atoms with van der Waals surface area (Å²) in [6.07, 6.45) is 7.27. The average molecular weight is 555 g/mol. The number of fused-ring (bicyclic) bond motifs is 1. The molecule has 0 spiro atoms. The number of nitrogens with zero attached hydrogens (tertiary/aromatic N) is 4.